The van der Waals surface area contributed by atoms with Gasteiger partial charge in [0.15, 0.2) is 4.77 Å². The summed E-state index contributed by atoms with van der Waals surface area (Å²) in [5.74, 6) is 1.47. The van der Waals surface area contributed by atoms with E-state index in [1.165, 1.54) is 0 Å². The predicted molar refractivity (Wildman–Crippen MR) is 95.9 cm³/mol. The second-order valence-electron chi connectivity index (χ2n) is 5.26. The highest BCUT2D eigenvalue weighted by atomic mass is 35.5. The van der Waals surface area contributed by atoms with Crippen molar-refractivity contribution in [1.29, 1.82) is 0 Å². The maximum atomic E-state index is 6.26. The van der Waals surface area contributed by atoms with Gasteiger partial charge in [-0.25, -0.2) is 0 Å². The molecule has 1 aliphatic rings. The summed E-state index contributed by atoms with van der Waals surface area (Å²) in [6.45, 7) is 1.11. The number of hydrogen-bond acceptors (Lipinski definition) is 4. The van der Waals surface area contributed by atoms with Crippen molar-refractivity contribution in [3.05, 3.63) is 39.4 Å². The molecule has 2 aromatic rings. The zero-order valence-electron chi connectivity index (χ0n) is 12.7. The number of nitrogens with one attached hydrogen (secondary N) is 1. The number of hydrogen-bond donors (Lipinski definition) is 2. The van der Waals surface area contributed by atoms with Gasteiger partial charge >= 0.3 is 0 Å². The molecule has 3 N–H and O–H groups in total. The Kier molecular flexibility index (Phi) is 5.97. The molecular formula is C15H19Cl2N3O2S. The van der Waals surface area contributed by atoms with Crippen LogP contribution in [-0.4, -0.2) is 29.8 Å². The minimum absolute atomic E-state index is 0. The van der Waals surface area contributed by atoms with E-state index in [1.807, 2.05) is 12.3 Å². The van der Waals surface area contributed by atoms with Gasteiger partial charge in [-0.05, 0) is 24.8 Å². The monoisotopic (exact) mass is 375 g/mol. The summed E-state index contributed by atoms with van der Waals surface area (Å²) in [5, 5.41) is 0.577. The molecule has 1 aromatic carbocycles. The maximum absolute atomic E-state index is 6.26. The number of halogens is 2. The van der Waals surface area contributed by atoms with E-state index in [2.05, 4.69) is 9.55 Å². The number of nitrogens with two attached hydrogens (primary N) is 1. The van der Waals surface area contributed by atoms with Crippen molar-refractivity contribution in [2.75, 3.05) is 20.3 Å². The number of fused-ring (bicyclic) bond motifs is 1. The van der Waals surface area contributed by atoms with Crippen molar-refractivity contribution in [2.45, 2.75) is 18.9 Å². The van der Waals surface area contributed by atoms with Crippen molar-refractivity contribution in [3.63, 3.8) is 0 Å². The molecule has 0 spiro atoms. The Labute approximate surface area is 151 Å². The van der Waals surface area contributed by atoms with Gasteiger partial charge in [0.25, 0.3) is 0 Å². The van der Waals surface area contributed by atoms with Gasteiger partial charge in [0.05, 0.1) is 18.2 Å². The van der Waals surface area contributed by atoms with E-state index in [4.69, 9.17) is 39.0 Å². The molecule has 3 rings (SSSR count). The number of aromatic nitrogens is 2. The van der Waals surface area contributed by atoms with Crippen LogP contribution in [0.1, 0.15) is 17.3 Å². The zero-order chi connectivity index (χ0) is 15.7. The third kappa shape index (κ3) is 3.50. The molecule has 1 aliphatic heterocycles. The SMILES string of the molecule is COc1cc(Cl)c2c(c1)C[C@H](n1c(CCN)c[nH]c1=S)CO2.Cl. The molecule has 0 saturated heterocycles. The Morgan fingerprint density at radius 3 is 3.00 bits per heavy atom. The summed E-state index contributed by atoms with van der Waals surface area (Å²) in [7, 11) is 1.63. The van der Waals surface area contributed by atoms with Crippen molar-refractivity contribution in [3.8, 4) is 11.5 Å². The van der Waals surface area contributed by atoms with Gasteiger partial charge in [0, 0.05) is 36.4 Å². The zero-order valence-corrected chi connectivity index (χ0v) is 15.1. The smallest absolute Gasteiger partial charge is 0.177 e. The average Bonchev–Trinajstić information content (AvgIpc) is 2.87. The molecule has 5 nitrogen and oxygen atoms in total. The lowest BCUT2D eigenvalue weighted by Crippen LogP contribution is -2.26. The Balaban J connectivity index is 0.00000192. The van der Waals surface area contributed by atoms with Crippen LogP contribution in [0.5, 0.6) is 11.5 Å². The molecule has 8 heteroatoms. The highest BCUT2D eigenvalue weighted by molar-refractivity contribution is 7.71. The first-order chi connectivity index (χ1) is 10.6. The van der Waals surface area contributed by atoms with Crippen molar-refractivity contribution >= 4 is 36.2 Å². The van der Waals surface area contributed by atoms with Crippen LogP contribution in [0.3, 0.4) is 0 Å². The largest absolute Gasteiger partial charge is 0.497 e. The molecule has 0 amide bonds. The van der Waals surface area contributed by atoms with E-state index in [1.54, 1.807) is 13.2 Å². The Bertz CT molecular complexity index is 745. The van der Waals surface area contributed by atoms with Crippen LogP contribution in [0.2, 0.25) is 5.02 Å². The molecular weight excluding hydrogens is 357 g/mol. The fourth-order valence-corrected chi connectivity index (χ4v) is 3.48. The van der Waals surface area contributed by atoms with E-state index in [-0.39, 0.29) is 18.4 Å². The average molecular weight is 376 g/mol. The summed E-state index contributed by atoms with van der Waals surface area (Å²) in [5.41, 5.74) is 7.80. The summed E-state index contributed by atoms with van der Waals surface area (Å²) in [4.78, 5) is 3.09. The first-order valence-corrected chi connectivity index (χ1v) is 7.90. The van der Waals surface area contributed by atoms with Gasteiger partial charge in [-0.3, -0.25) is 0 Å². The van der Waals surface area contributed by atoms with E-state index >= 15 is 0 Å². The number of benzene rings is 1. The van der Waals surface area contributed by atoms with Gasteiger partial charge in [-0.1, -0.05) is 11.6 Å². The predicted octanol–water partition coefficient (Wildman–Crippen LogP) is 3.31. The van der Waals surface area contributed by atoms with Crippen LogP contribution >= 0.6 is 36.2 Å². The molecule has 1 atom stereocenters. The Hall–Kier alpha value is -1.21. The summed E-state index contributed by atoms with van der Waals surface area (Å²) < 4.78 is 13.9. The minimum Gasteiger partial charge on any atom is -0.497 e. The normalized spacial score (nSPS) is 16.2. The third-order valence-electron chi connectivity index (χ3n) is 3.86. The topological polar surface area (TPSA) is 65.2 Å². The van der Waals surface area contributed by atoms with Crippen molar-refractivity contribution in [1.82, 2.24) is 9.55 Å². The van der Waals surface area contributed by atoms with Gasteiger partial charge in [0.1, 0.15) is 18.1 Å². The molecule has 0 aliphatic carbocycles. The molecule has 0 fully saturated rings. The highest BCUT2D eigenvalue weighted by Gasteiger charge is 2.26. The van der Waals surface area contributed by atoms with Crippen LogP contribution in [0.25, 0.3) is 0 Å². The molecule has 0 saturated carbocycles. The Morgan fingerprint density at radius 1 is 1.52 bits per heavy atom. The first kappa shape index (κ1) is 18.1. The molecule has 126 valence electrons. The molecule has 0 radical (unpaired) electrons. The molecule has 0 bridgehead atoms. The fraction of sp³-hybridized carbons (Fsp3) is 0.400. The standard InChI is InChI=1S/C15H18ClN3O2S.ClH/c1-20-12-5-9-4-11(8-21-14(9)13(16)6-12)19-10(2-3-17)7-18-15(19)22;/h5-7,11H,2-4,8,17H2,1H3,(H,18,22);1H/t11-;/m0./s1. The maximum Gasteiger partial charge on any atom is 0.177 e. The van der Waals surface area contributed by atoms with Gasteiger partial charge < -0.3 is 24.8 Å². The molecule has 1 aromatic heterocycles. The summed E-state index contributed by atoms with van der Waals surface area (Å²) >= 11 is 11.7. The van der Waals surface area contributed by atoms with E-state index < -0.39 is 0 Å². The van der Waals surface area contributed by atoms with Crippen molar-refractivity contribution in [2.24, 2.45) is 5.73 Å². The van der Waals surface area contributed by atoms with Crippen molar-refractivity contribution < 1.29 is 9.47 Å². The highest BCUT2D eigenvalue weighted by Crippen LogP contribution is 2.39. The number of H-pyrrole nitrogens is 1. The molecule has 2 heterocycles. The second kappa shape index (κ2) is 7.57. The molecule has 0 unspecified atom stereocenters. The van der Waals surface area contributed by atoms with Crippen LogP contribution in [0.15, 0.2) is 18.3 Å². The summed E-state index contributed by atoms with van der Waals surface area (Å²) in [6.07, 6.45) is 3.48. The van der Waals surface area contributed by atoms with E-state index in [0.717, 1.165) is 35.6 Å². The van der Waals surface area contributed by atoms with Crippen LogP contribution in [-0.2, 0) is 12.8 Å². The number of methoxy groups -OCH3 is 1. The summed E-state index contributed by atoms with van der Waals surface area (Å²) in [6, 6.07) is 3.85. The number of ether oxygens (including phenoxy) is 2. The minimum atomic E-state index is 0. The van der Waals surface area contributed by atoms with Gasteiger partial charge in [-0.2, -0.15) is 0 Å². The quantitative estimate of drug-likeness (QED) is 0.804. The molecule has 23 heavy (non-hydrogen) atoms. The number of aromatic amines is 1. The van der Waals surface area contributed by atoms with Crippen LogP contribution in [0, 0.1) is 4.77 Å². The lowest BCUT2D eigenvalue weighted by Gasteiger charge is -2.28. The van der Waals surface area contributed by atoms with Gasteiger partial charge in [0.2, 0.25) is 0 Å². The lowest BCUT2D eigenvalue weighted by atomic mass is 10.0. The lowest BCUT2D eigenvalue weighted by molar-refractivity contribution is 0.220. The Morgan fingerprint density at radius 2 is 2.30 bits per heavy atom. The van der Waals surface area contributed by atoms with E-state index in [0.29, 0.717) is 22.9 Å². The fourth-order valence-electron chi connectivity index (χ4n) is 2.87. The van der Waals surface area contributed by atoms with Gasteiger partial charge in [-0.15, -0.1) is 12.4 Å². The van der Waals surface area contributed by atoms with Crippen LogP contribution < -0.4 is 15.2 Å². The number of nitrogens with zero attached hydrogens (tertiary/aromatic N) is 1. The first-order valence-electron chi connectivity index (χ1n) is 7.12. The van der Waals surface area contributed by atoms with Crippen LogP contribution in [0.4, 0.5) is 0 Å². The number of rotatable bonds is 4. The number of imidazole rings is 1. The van der Waals surface area contributed by atoms with E-state index in [9.17, 15) is 0 Å². The third-order valence-corrected chi connectivity index (χ3v) is 4.46. The second-order valence-corrected chi connectivity index (χ2v) is 6.05.